The van der Waals surface area contributed by atoms with Crippen molar-refractivity contribution in [2.24, 2.45) is 0 Å². The predicted octanol–water partition coefficient (Wildman–Crippen LogP) is 1.34. The summed E-state index contributed by atoms with van der Waals surface area (Å²) < 4.78 is 9.83. The van der Waals surface area contributed by atoms with E-state index in [1.165, 1.54) is 19.3 Å². The molecule has 0 aliphatic carbocycles. The SMILES string of the molecule is COC(=O)/C=C1/COc2cc(O)ccc21. The van der Waals surface area contributed by atoms with Crippen LogP contribution >= 0.6 is 0 Å². The van der Waals surface area contributed by atoms with Crippen molar-refractivity contribution in [2.75, 3.05) is 13.7 Å². The van der Waals surface area contributed by atoms with Crippen molar-refractivity contribution >= 4 is 11.5 Å². The molecule has 1 N–H and O–H groups in total. The molecule has 1 aromatic rings. The minimum Gasteiger partial charge on any atom is -0.508 e. The largest absolute Gasteiger partial charge is 0.508 e. The lowest BCUT2D eigenvalue weighted by Crippen LogP contribution is -1.97. The molecule has 15 heavy (non-hydrogen) atoms. The van der Waals surface area contributed by atoms with Crippen LogP contribution < -0.4 is 4.74 Å². The zero-order chi connectivity index (χ0) is 10.8. The third-order valence-corrected chi connectivity index (χ3v) is 2.19. The molecule has 0 saturated heterocycles. The third-order valence-electron chi connectivity index (χ3n) is 2.19. The van der Waals surface area contributed by atoms with Crippen LogP contribution in [0.1, 0.15) is 5.56 Å². The van der Waals surface area contributed by atoms with Crippen LogP contribution in [0.2, 0.25) is 0 Å². The zero-order valence-electron chi connectivity index (χ0n) is 8.19. The molecule has 0 fully saturated rings. The summed E-state index contributed by atoms with van der Waals surface area (Å²) in [4.78, 5) is 11.0. The number of phenolic OH excluding ortho intramolecular Hbond substituents is 1. The van der Waals surface area contributed by atoms with Crippen LogP contribution in [0, 0.1) is 0 Å². The molecule has 4 heteroatoms. The third kappa shape index (κ3) is 1.79. The van der Waals surface area contributed by atoms with Crippen LogP contribution in [0.4, 0.5) is 0 Å². The van der Waals surface area contributed by atoms with Crippen LogP contribution in [0.25, 0.3) is 5.57 Å². The fraction of sp³-hybridized carbons (Fsp3) is 0.182. The highest BCUT2D eigenvalue weighted by molar-refractivity contribution is 5.93. The van der Waals surface area contributed by atoms with Gasteiger partial charge in [-0.3, -0.25) is 0 Å². The lowest BCUT2D eigenvalue weighted by Gasteiger charge is -1.98. The second kappa shape index (κ2) is 3.65. The lowest BCUT2D eigenvalue weighted by atomic mass is 10.1. The van der Waals surface area contributed by atoms with Crippen LogP contribution in [0.3, 0.4) is 0 Å². The highest BCUT2D eigenvalue weighted by atomic mass is 16.5. The van der Waals surface area contributed by atoms with Gasteiger partial charge in [0.1, 0.15) is 18.1 Å². The summed E-state index contributed by atoms with van der Waals surface area (Å²) in [5, 5.41) is 9.22. The zero-order valence-corrected chi connectivity index (χ0v) is 8.19. The molecule has 78 valence electrons. The maximum Gasteiger partial charge on any atom is 0.330 e. The lowest BCUT2D eigenvalue weighted by molar-refractivity contribution is -0.134. The Morgan fingerprint density at radius 3 is 3.13 bits per heavy atom. The highest BCUT2D eigenvalue weighted by Gasteiger charge is 2.18. The standard InChI is InChI=1S/C11H10O4/c1-14-11(13)4-7-6-15-10-5-8(12)2-3-9(7)10/h2-5,12H,6H2,1H3/b7-4-. The normalized spacial score (nSPS) is 15.9. The fourth-order valence-corrected chi connectivity index (χ4v) is 1.45. The van der Waals surface area contributed by atoms with Gasteiger partial charge in [-0.25, -0.2) is 4.79 Å². The maximum atomic E-state index is 11.0. The molecule has 1 aromatic carbocycles. The van der Waals surface area contributed by atoms with E-state index in [0.29, 0.717) is 12.4 Å². The van der Waals surface area contributed by atoms with Gasteiger partial charge in [0.2, 0.25) is 0 Å². The summed E-state index contributed by atoms with van der Waals surface area (Å²) in [6.45, 7) is 0.327. The van der Waals surface area contributed by atoms with Crippen molar-refractivity contribution in [2.45, 2.75) is 0 Å². The Labute approximate surface area is 86.7 Å². The number of esters is 1. The van der Waals surface area contributed by atoms with Crippen molar-refractivity contribution in [3.63, 3.8) is 0 Å². The van der Waals surface area contributed by atoms with E-state index in [4.69, 9.17) is 4.74 Å². The van der Waals surface area contributed by atoms with Crippen molar-refractivity contribution in [3.8, 4) is 11.5 Å². The Hall–Kier alpha value is -1.97. The van der Waals surface area contributed by atoms with E-state index in [1.54, 1.807) is 12.1 Å². The molecule has 0 aromatic heterocycles. The van der Waals surface area contributed by atoms with Crippen LogP contribution in [0.5, 0.6) is 11.5 Å². The summed E-state index contributed by atoms with van der Waals surface area (Å²) in [6, 6.07) is 4.79. The van der Waals surface area contributed by atoms with Gasteiger partial charge in [-0.1, -0.05) is 0 Å². The summed E-state index contributed by atoms with van der Waals surface area (Å²) in [5.41, 5.74) is 1.58. The molecule has 1 aliphatic heterocycles. The number of phenols is 1. The van der Waals surface area contributed by atoms with E-state index in [2.05, 4.69) is 4.74 Å². The topological polar surface area (TPSA) is 55.8 Å². The Balaban J connectivity index is 2.37. The number of carbonyl (C=O) groups is 1. The number of aromatic hydroxyl groups is 1. The first-order valence-corrected chi connectivity index (χ1v) is 4.45. The first-order valence-electron chi connectivity index (χ1n) is 4.45. The van der Waals surface area contributed by atoms with E-state index in [-0.39, 0.29) is 5.75 Å². The van der Waals surface area contributed by atoms with Crippen LogP contribution in [0.15, 0.2) is 24.3 Å². The summed E-state index contributed by atoms with van der Waals surface area (Å²) in [6.07, 6.45) is 1.39. The van der Waals surface area contributed by atoms with E-state index in [1.807, 2.05) is 0 Å². The molecule has 0 saturated carbocycles. The monoisotopic (exact) mass is 206 g/mol. The average Bonchev–Trinajstić information content (AvgIpc) is 2.60. The smallest absolute Gasteiger partial charge is 0.330 e. The molecular weight excluding hydrogens is 196 g/mol. The van der Waals surface area contributed by atoms with Crippen molar-refractivity contribution in [1.29, 1.82) is 0 Å². The molecule has 0 amide bonds. The molecule has 0 atom stereocenters. The van der Waals surface area contributed by atoms with Gasteiger partial charge in [-0.05, 0) is 12.1 Å². The van der Waals surface area contributed by atoms with Gasteiger partial charge < -0.3 is 14.6 Å². The average molecular weight is 206 g/mol. The van der Waals surface area contributed by atoms with Crippen LogP contribution in [-0.2, 0) is 9.53 Å². The fourth-order valence-electron chi connectivity index (χ4n) is 1.45. The molecule has 0 unspecified atom stereocenters. The number of benzene rings is 1. The summed E-state index contributed by atoms with van der Waals surface area (Å²) in [5.74, 6) is 0.327. The van der Waals surface area contributed by atoms with Gasteiger partial charge in [0.25, 0.3) is 0 Å². The summed E-state index contributed by atoms with van der Waals surface area (Å²) >= 11 is 0. The van der Waals surface area contributed by atoms with E-state index < -0.39 is 5.97 Å². The number of hydrogen-bond donors (Lipinski definition) is 1. The first kappa shape index (κ1) is 9.58. The van der Waals surface area contributed by atoms with Gasteiger partial charge >= 0.3 is 5.97 Å². The van der Waals surface area contributed by atoms with Crippen molar-refractivity contribution < 1.29 is 19.4 Å². The highest BCUT2D eigenvalue weighted by Crippen LogP contribution is 2.35. The number of hydrogen-bond acceptors (Lipinski definition) is 4. The number of ether oxygens (including phenoxy) is 2. The van der Waals surface area contributed by atoms with Crippen molar-refractivity contribution in [3.05, 3.63) is 29.8 Å². The number of rotatable bonds is 1. The second-order valence-electron chi connectivity index (χ2n) is 3.16. The van der Waals surface area contributed by atoms with Gasteiger partial charge in [0, 0.05) is 23.3 Å². The molecular formula is C11H10O4. The van der Waals surface area contributed by atoms with Gasteiger partial charge in [0.05, 0.1) is 7.11 Å². The molecule has 0 radical (unpaired) electrons. The van der Waals surface area contributed by atoms with Gasteiger partial charge in [-0.2, -0.15) is 0 Å². The Morgan fingerprint density at radius 2 is 2.40 bits per heavy atom. The van der Waals surface area contributed by atoms with Gasteiger partial charge in [0.15, 0.2) is 0 Å². The predicted molar refractivity (Wildman–Crippen MR) is 53.6 cm³/mol. The minimum absolute atomic E-state index is 0.146. The summed E-state index contributed by atoms with van der Waals surface area (Å²) in [7, 11) is 1.33. The van der Waals surface area contributed by atoms with E-state index in [9.17, 15) is 9.90 Å². The first-order chi connectivity index (χ1) is 7.20. The Bertz CT molecular complexity index is 434. The molecule has 0 spiro atoms. The quantitative estimate of drug-likeness (QED) is 0.556. The minimum atomic E-state index is -0.408. The second-order valence-corrected chi connectivity index (χ2v) is 3.16. The maximum absolute atomic E-state index is 11.0. The Kier molecular flexibility index (Phi) is 2.33. The number of fused-ring (bicyclic) bond motifs is 1. The number of methoxy groups -OCH3 is 1. The van der Waals surface area contributed by atoms with E-state index >= 15 is 0 Å². The molecule has 2 rings (SSSR count). The molecule has 1 aliphatic rings. The van der Waals surface area contributed by atoms with Gasteiger partial charge in [-0.15, -0.1) is 0 Å². The number of carbonyl (C=O) groups excluding carboxylic acids is 1. The molecule has 4 nitrogen and oxygen atoms in total. The molecule has 0 bridgehead atoms. The van der Waals surface area contributed by atoms with E-state index in [0.717, 1.165) is 11.1 Å². The van der Waals surface area contributed by atoms with Crippen LogP contribution in [-0.4, -0.2) is 24.8 Å². The Morgan fingerprint density at radius 1 is 1.60 bits per heavy atom. The molecule has 1 heterocycles. The van der Waals surface area contributed by atoms with Crippen molar-refractivity contribution in [1.82, 2.24) is 0 Å².